The fourth-order valence-corrected chi connectivity index (χ4v) is 3.74. The van der Waals surface area contributed by atoms with Crippen LogP contribution in [-0.2, 0) is 6.54 Å². The van der Waals surface area contributed by atoms with Crippen molar-refractivity contribution in [2.45, 2.75) is 34.2 Å². The Labute approximate surface area is 174 Å². The third-order valence-electron chi connectivity index (χ3n) is 4.05. The van der Waals surface area contributed by atoms with Crippen LogP contribution in [0.5, 0.6) is 11.5 Å². The van der Waals surface area contributed by atoms with E-state index in [1.54, 1.807) is 0 Å². The quantitative estimate of drug-likeness (QED) is 0.485. The van der Waals surface area contributed by atoms with Gasteiger partial charge in [-0.3, -0.25) is 9.48 Å². The number of hydrogen-bond donors (Lipinski definition) is 1. The van der Waals surface area contributed by atoms with Gasteiger partial charge in [0.1, 0.15) is 9.32 Å². The lowest BCUT2D eigenvalue weighted by molar-refractivity contribution is 0.464. The van der Waals surface area contributed by atoms with Crippen molar-refractivity contribution < 1.29 is 4.74 Å². The highest BCUT2D eigenvalue weighted by molar-refractivity contribution is 14.1. The minimum Gasteiger partial charge on any atom is -0.456 e. The highest BCUT2D eigenvalue weighted by Crippen LogP contribution is 2.31. The van der Waals surface area contributed by atoms with Gasteiger partial charge in [-0.05, 0) is 89.5 Å². The van der Waals surface area contributed by atoms with Crippen molar-refractivity contribution in [1.82, 2.24) is 14.8 Å². The molecule has 1 N–H and O–H groups in total. The molecule has 26 heavy (non-hydrogen) atoms. The summed E-state index contributed by atoms with van der Waals surface area (Å²) >= 11 is 5.53. The van der Waals surface area contributed by atoms with Crippen LogP contribution in [0.1, 0.15) is 28.1 Å². The number of aryl methyl sites for hydroxylation is 4. The number of aromatic amines is 1. The predicted molar refractivity (Wildman–Crippen MR) is 114 cm³/mol. The minimum absolute atomic E-state index is 0.149. The number of rotatable bonds is 4. The zero-order chi connectivity index (χ0) is 19.0. The maximum atomic E-state index is 12.3. The van der Waals surface area contributed by atoms with Crippen LogP contribution in [0.3, 0.4) is 0 Å². The van der Waals surface area contributed by atoms with Crippen molar-refractivity contribution in [3.05, 3.63) is 70.9 Å². The van der Waals surface area contributed by atoms with E-state index in [2.05, 4.69) is 32.1 Å². The van der Waals surface area contributed by atoms with Crippen molar-refractivity contribution in [1.29, 1.82) is 0 Å². The molecule has 0 radical (unpaired) electrons. The Balaban J connectivity index is 2.08. The maximum absolute atomic E-state index is 12.3. The van der Waals surface area contributed by atoms with E-state index in [9.17, 15) is 4.79 Å². The number of halogens is 2. The Morgan fingerprint density at radius 1 is 1.19 bits per heavy atom. The summed E-state index contributed by atoms with van der Waals surface area (Å²) in [6, 6.07) is 6.03. The summed E-state index contributed by atoms with van der Waals surface area (Å²) in [5.41, 5.74) is 4.68. The number of pyridine rings is 1. The van der Waals surface area contributed by atoms with E-state index in [1.807, 2.05) is 73.3 Å². The van der Waals surface area contributed by atoms with E-state index >= 15 is 0 Å². The van der Waals surface area contributed by atoms with E-state index in [1.165, 1.54) is 0 Å². The van der Waals surface area contributed by atoms with Crippen LogP contribution in [0.15, 0.2) is 33.7 Å². The Morgan fingerprint density at radius 2 is 1.85 bits per heavy atom. The standard InChI is InChI=1S/C19H19BrIN3O2/c1-10-5-11(2)7-14(6-10)26-18-15(12(3)22-19(25)17(18)21)8-24-9-16(20)13(4)23-24/h5-7,9H,8H2,1-4H3,(H,22,25). The lowest BCUT2D eigenvalue weighted by Crippen LogP contribution is -2.17. The second-order valence-electron chi connectivity index (χ2n) is 6.39. The smallest absolute Gasteiger partial charge is 0.265 e. The largest absolute Gasteiger partial charge is 0.456 e. The molecule has 0 saturated heterocycles. The number of nitrogens with one attached hydrogen (secondary N) is 1. The number of nitrogens with zero attached hydrogens (tertiary/aromatic N) is 2. The summed E-state index contributed by atoms with van der Waals surface area (Å²) in [5.74, 6) is 1.31. The molecule has 3 rings (SSSR count). The molecule has 7 heteroatoms. The van der Waals surface area contributed by atoms with E-state index in [0.717, 1.165) is 38.3 Å². The average molecular weight is 528 g/mol. The highest BCUT2D eigenvalue weighted by atomic mass is 127. The summed E-state index contributed by atoms with van der Waals surface area (Å²) in [6.07, 6.45) is 1.92. The number of H-pyrrole nitrogens is 1. The normalized spacial score (nSPS) is 11.0. The van der Waals surface area contributed by atoms with Crippen molar-refractivity contribution in [2.24, 2.45) is 0 Å². The lowest BCUT2D eigenvalue weighted by Gasteiger charge is -2.16. The van der Waals surface area contributed by atoms with E-state index < -0.39 is 0 Å². The van der Waals surface area contributed by atoms with E-state index in [4.69, 9.17) is 4.74 Å². The Morgan fingerprint density at radius 3 is 2.42 bits per heavy atom. The zero-order valence-electron chi connectivity index (χ0n) is 15.0. The third-order valence-corrected chi connectivity index (χ3v) is 5.81. The van der Waals surface area contributed by atoms with Gasteiger partial charge < -0.3 is 9.72 Å². The van der Waals surface area contributed by atoms with Crippen LogP contribution in [-0.4, -0.2) is 14.8 Å². The van der Waals surface area contributed by atoms with Gasteiger partial charge in [-0.2, -0.15) is 5.10 Å². The first kappa shape index (κ1) is 19.2. The molecule has 0 aliphatic rings. The molecule has 136 valence electrons. The molecule has 0 amide bonds. The lowest BCUT2D eigenvalue weighted by atomic mass is 10.1. The monoisotopic (exact) mass is 527 g/mol. The van der Waals surface area contributed by atoms with Gasteiger partial charge in [0.2, 0.25) is 0 Å². The minimum atomic E-state index is -0.149. The molecule has 0 bridgehead atoms. The third kappa shape index (κ3) is 4.03. The van der Waals surface area contributed by atoms with Crippen molar-refractivity contribution >= 4 is 38.5 Å². The number of hydrogen-bond acceptors (Lipinski definition) is 3. The van der Waals surface area contributed by atoms with Gasteiger partial charge in [-0.25, -0.2) is 0 Å². The Kier molecular flexibility index (Phi) is 5.57. The summed E-state index contributed by atoms with van der Waals surface area (Å²) < 4.78 is 9.51. The fraction of sp³-hybridized carbons (Fsp3) is 0.263. The van der Waals surface area contributed by atoms with E-state index in [-0.39, 0.29) is 5.56 Å². The topological polar surface area (TPSA) is 59.9 Å². The molecule has 0 saturated carbocycles. The van der Waals surface area contributed by atoms with Gasteiger partial charge >= 0.3 is 0 Å². The van der Waals surface area contributed by atoms with Crippen LogP contribution in [0.2, 0.25) is 0 Å². The van der Waals surface area contributed by atoms with Gasteiger partial charge in [0.05, 0.1) is 16.7 Å². The molecule has 3 aromatic rings. The number of ether oxygens (including phenoxy) is 1. The van der Waals surface area contributed by atoms with Gasteiger partial charge in [0.25, 0.3) is 5.56 Å². The average Bonchev–Trinajstić information content (AvgIpc) is 2.85. The van der Waals surface area contributed by atoms with Gasteiger partial charge in [-0.1, -0.05) is 6.07 Å². The summed E-state index contributed by atoms with van der Waals surface area (Å²) in [6.45, 7) is 8.38. The van der Waals surface area contributed by atoms with Gasteiger partial charge in [0.15, 0.2) is 5.75 Å². The van der Waals surface area contributed by atoms with Crippen molar-refractivity contribution in [3.8, 4) is 11.5 Å². The molecule has 0 aliphatic carbocycles. The van der Waals surface area contributed by atoms with Crippen LogP contribution in [0.4, 0.5) is 0 Å². The molecular weight excluding hydrogens is 509 g/mol. The van der Waals surface area contributed by atoms with Crippen LogP contribution in [0.25, 0.3) is 0 Å². The van der Waals surface area contributed by atoms with Gasteiger partial charge in [-0.15, -0.1) is 0 Å². The van der Waals surface area contributed by atoms with Gasteiger partial charge in [0, 0.05) is 17.5 Å². The molecule has 0 aliphatic heterocycles. The van der Waals surface area contributed by atoms with Crippen LogP contribution in [0, 0.1) is 31.3 Å². The first-order valence-corrected chi connectivity index (χ1v) is 9.98. The molecule has 2 aromatic heterocycles. The molecule has 1 aromatic carbocycles. The molecule has 0 spiro atoms. The zero-order valence-corrected chi connectivity index (χ0v) is 18.7. The molecule has 5 nitrogen and oxygen atoms in total. The highest BCUT2D eigenvalue weighted by Gasteiger charge is 2.18. The second-order valence-corrected chi connectivity index (χ2v) is 8.32. The first-order chi connectivity index (χ1) is 12.2. The predicted octanol–water partition coefficient (Wildman–Crippen LogP) is 5.01. The summed E-state index contributed by atoms with van der Waals surface area (Å²) in [7, 11) is 0. The summed E-state index contributed by atoms with van der Waals surface area (Å²) in [5, 5.41) is 4.49. The Hall–Kier alpha value is -1.61. The number of benzene rings is 1. The maximum Gasteiger partial charge on any atom is 0.265 e. The first-order valence-electron chi connectivity index (χ1n) is 8.11. The van der Waals surface area contributed by atoms with Crippen LogP contribution >= 0.6 is 38.5 Å². The second kappa shape index (κ2) is 7.56. The van der Waals surface area contributed by atoms with Crippen molar-refractivity contribution in [2.75, 3.05) is 0 Å². The summed E-state index contributed by atoms with van der Waals surface area (Å²) in [4.78, 5) is 15.2. The van der Waals surface area contributed by atoms with E-state index in [0.29, 0.717) is 15.9 Å². The van der Waals surface area contributed by atoms with Crippen LogP contribution < -0.4 is 10.3 Å². The molecule has 2 heterocycles. The van der Waals surface area contributed by atoms with Crippen molar-refractivity contribution in [3.63, 3.8) is 0 Å². The molecule has 0 atom stereocenters. The SMILES string of the molecule is Cc1cc(C)cc(Oc2c(Cn3cc(Br)c(C)n3)c(C)[nH]c(=O)c2I)c1. The number of aromatic nitrogens is 3. The fourth-order valence-electron chi connectivity index (χ4n) is 2.85. The molecule has 0 fully saturated rings. The Bertz CT molecular complexity index is 1000. The molecular formula is C19H19BrIN3O2. The molecule has 0 unspecified atom stereocenters.